The largest absolute Gasteiger partial charge is 0.368 e. The van der Waals surface area contributed by atoms with Crippen LogP contribution < -0.4 is 9.21 Å². The Balaban J connectivity index is 1.52. The minimum Gasteiger partial charge on any atom is -0.368 e. The van der Waals surface area contributed by atoms with Gasteiger partial charge in [0.25, 0.3) is 5.91 Å². The molecule has 0 radical (unpaired) electrons. The van der Waals surface area contributed by atoms with Gasteiger partial charge in [-0.05, 0) is 42.5 Å². The van der Waals surface area contributed by atoms with Crippen molar-refractivity contribution in [2.45, 2.75) is 6.92 Å². The third-order valence-electron chi connectivity index (χ3n) is 5.53. The van der Waals surface area contributed by atoms with Gasteiger partial charge in [-0.1, -0.05) is 18.5 Å². The lowest BCUT2D eigenvalue weighted by Crippen LogP contribution is -2.48. The van der Waals surface area contributed by atoms with Gasteiger partial charge in [-0.15, -0.1) is 0 Å². The number of benzene rings is 2. The fourth-order valence-electron chi connectivity index (χ4n) is 3.87. The van der Waals surface area contributed by atoms with E-state index in [0.717, 1.165) is 5.69 Å². The highest BCUT2D eigenvalue weighted by molar-refractivity contribution is 7.94. The first kappa shape index (κ1) is 21.6. The molecule has 4 rings (SSSR count). The molecule has 0 aliphatic carbocycles. The van der Waals surface area contributed by atoms with Crippen LogP contribution in [0.25, 0.3) is 0 Å². The molecule has 1 atom stereocenters. The number of nitrogens with zero attached hydrogens (tertiary/aromatic N) is 3. The highest BCUT2D eigenvalue weighted by Crippen LogP contribution is 2.34. The normalized spacial score (nSPS) is 20.9. The van der Waals surface area contributed by atoms with Crippen LogP contribution in [0.4, 0.5) is 15.8 Å². The Morgan fingerprint density at radius 1 is 1.06 bits per heavy atom. The fraction of sp³-hybridized carbons (Fsp3) is 0.333. The van der Waals surface area contributed by atoms with E-state index in [-0.39, 0.29) is 33.8 Å². The summed E-state index contributed by atoms with van der Waals surface area (Å²) in [6.07, 6.45) is 0. The Morgan fingerprint density at radius 3 is 2.29 bits per heavy atom. The van der Waals surface area contributed by atoms with Crippen molar-refractivity contribution in [1.29, 1.82) is 0 Å². The molecule has 1 unspecified atom stereocenters. The Hall–Kier alpha value is -2.65. The van der Waals surface area contributed by atoms with Crippen LogP contribution in [0.15, 0.2) is 42.5 Å². The predicted molar refractivity (Wildman–Crippen MR) is 116 cm³/mol. The van der Waals surface area contributed by atoms with Crippen LogP contribution in [0.1, 0.15) is 17.3 Å². The molecule has 10 heteroatoms. The number of hydrogen-bond donors (Lipinski definition) is 0. The van der Waals surface area contributed by atoms with Gasteiger partial charge in [0.05, 0.1) is 22.4 Å². The van der Waals surface area contributed by atoms with Crippen LogP contribution in [-0.2, 0) is 14.8 Å². The molecular formula is C21H21ClFN3O4S. The molecule has 2 heterocycles. The highest BCUT2D eigenvalue weighted by atomic mass is 35.5. The molecule has 0 N–H and O–H groups in total. The van der Waals surface area contributed by atoms with Gasteiger partial charge in [-0.3, -0.25) is 9.59 Å². The molecule has 2 aliphatic heterocycles. The predicted octanol–water partition coefficient (Wildman–Crippen LogP) is 2.75. The van der Waals surface area contributed by atoms with Crippen molar-refractivity contribution < 1.29 is 22.4 Å². The number of rotatable bonds is 3. The molecule has 0 saturated carbocycles. The van der Waals surface area contributed by atoms with Crippen LogP contribution >= 0.6 is 11.6 Å². The van der Waals surface area contributed by atoms with Crippen molar-refractivity contribution in [2.24, 2.45) is 5.92 Å². The molecule has 0 spiro atoms. The molecule has 7 nitrogen and oxygen atoms in total. The Morgan fingerprint density at radius 2 is 1.71 bits per heavy atom. The van der Waals surface area contributed by atoms with Gasteiger partial charge < -0.3 is 9.80 Å². The summed E-state index contributed by atoms with van der Waals surface area (Å²) >= 11 is 6.19. The molecule has 2 saturated heterocycles. The molecule has 2 amide bonds. The van der Waals surface area contributed by atoms with Gasteiger partial charge in [-0.2, -0.15) is 0 Å². The smallest absolute Gasteiger partial charge is 0.254 e. The second kappa shape index (κ2) is 8.12. The quantitative estimate of drug-likeness (QED) is 0.696. The van der Waals surface area contributed by atoms with Crippen LogP contribution in [-0.4, -0.2) is 57.1 Å². The number of carbonyl (C=O) groups is 2. The van der Waals surface area contributed by atoms with Crippen molar-refractivity contribution in [3.63, 3.8) is 0 Å². The third-order valence-corrected chi connectivity index (χ3v) is 7.70. The summed E-state index contributed by atoms with van der Waals surface area (Å²) in [7, 11) is -3.83. The molecule has 2 fully saturated rings. The summed E-state index contributed by atoms with van der Waals surface area (Å²) in [6.45, 7) is 3.60. The fourth-order valence-corrected chi connectivity index (χ4v) is 5.95. The summed E-state index contributed by atoms with van der Waals surface area (Å²) in [5, 5.41) is 0.0868. The van der Waals surface area contributed by atoms with Crippen molar-refractivity contribution in [3.05, 3.63) is 58.9 Å². The van der Waals surface area contributed by atoms with Gasteiger partial charge in [0, 0.05) is 37.4 Å². The number of carbonyl (C=O) groups excluding carboxylic acids is 2. The number of anilines is 2. The second-order valence-electron chi connectivity index (χ2n) is 7.70. The highest BCUT2D eigenvalue weighted by Gasteiger charge is 2.43. The van der Waals surface area contributed by atoms with E-state index in [2.05, 4.69) is 4.90 Å². The van der Waals surface area contributed by atoms with E-state index in [0.29, 0.717) is 30.5 Å². The number of piperazine rings is 1. The standard InChI is InChI=1S/C21H21ClFN3O4S/c1-14-13-31(29,30)26(20(14)27)19-12-15(2-7-18(19)22)21(28)25-10-8-24(9-11-25)17-5-3-16(23)4-6-17/h2-7,12,14H,8-11,13H2,1H3. The van der Waals surface area contributed by atoms with Gasteiger partial charge in [0.15, 0.2) is 0 Å². The molecule has 2 aromatic carbocycles. The number of amides is 2. The minimum absolute atomic E-state index is 0.00631. The lowest BCUT2D eigenvalue weighted by molar-refractivity contribution is -0.119. The molecule has 2 aromatic rings. The van der Waals surface area contributed by atoms with Crippen LogP contribution in [0, 0.1) is 11.7 Å². The number of sulfonamides is 1. The monoisotopic (exact) mass is 465 g/mol. The first-order valence-electron chi connectivity index (χ1n) is 9.83. The molecule has 0 aromatic heterocycles. The maximum Gasteiger partial charge on any atom is 0.254 e. The van der Waals surface area contributed by atoms with E-state index >= 15 is 0 Å². The summed E-state index contributed by atoms with van der Waals surface area (Å²) in [4.78, 5) is 29.2. The molecule has 31 heavy (non-hydrogen) atoms. The van der Waals surface area contributed by atoms with E-state index in [4.69, 9.17) is 11.6 Å². The summed E-state index contributed by atoms with van der Waals surface area (Å²) in [5.74, 6) is -2.08. The summed E-state index contributed by atoms with van der Waals surface area (Å²) in [6, 6.07) is 10.5. The van der Waals surface area contributed by atoms with Gasteiger partial charge in [-0.25, -0.2) is 17.1 Å². The van der Waals surface area contributed by atoms with Gasteiger partial charge >= 0.3 is 0 Å². The SMILES string of the molecule is CC1CS(=O)(=O)N(c2cc(C(=O)N3CCN(c4ccc(F)cc4)CC3)ccc2Cl)C1=O. The average Bonchev–Trinajstić information content (AvgIpc) is 2.95. The maximum atomic E-state index is 13.1. The Kier molecular flexibility index (Phi) is 5.65. The zero-order chi connectivity index (χ0) is 22.3. The minimum atomic E-state index is -3.83. The van der Waals surface area contributed by atoms with Crippen LogP contribution in [0.2, 0.25) is 5.02 Å². The first-order valence-corrected chi connectivity index (χ1v) is 11.8. The second-order valence-corrected chi connectivity index (χ2v) is 9.97. The van der Waals surface area contributed by atoms with E-state index in [1.54, 1.807) is 24.0 Å². The van der Waals surface area contributed by atoms with Crippen molar-refractivity contribution >= 4 is 44.8 Å². The lowest BCUT2D eigenvalue weighted by atomic mass is 10.1. The number of halogens is 2. The Bertz CT molecular complexity index is 1130. The zero-order valence-electron chi connectivity index (χ0n) is 16.8. The average molecular weight is 466 g/mol. The van der Waals surface area contributed by atoms with E-state index in [1.165, 1.54) is 30.3 Å². The summed E-state index contributed by atoms with van der Waals surface area (Å²) < 4.78 is 38.7. The van der Waals surface area contributed by atoms with Crippen molar-refractivity contribution in [2.75, 3.05) is 41.1 Å². The molecule has 0 bridgehead atoms. The van der Waals surface area contributed by atoms with Gasteiger partial charge in [0.2, 0.25) is 15.9 Å². The molecule has 2 aliphatic rings. The van der Waals surface area contributed by atoms with E-state index in [9.17, 15) is 22.4 Å². The summed E-state index contributed by atoms with van der Waals surface area (Å²) in [5.41, 5.74) is 1.15. The molecular weight excluding hydrogens is 445 g/mol. The Labute approximate surface area is 185 Å². The first-order chi connectivity index (χ1) is 14.7. The van der Waals surface area contributed by atoms with Crippen molar-refractivity contribution in [1.82, 2.24) is 4.90 Å². The number of hydrogen-bond acceptors (Lipinski definition) is 5. The van der Waals surface area contributed by atoms with E-state index < -0.39 is 21.8 Å². The maximum absolute atomic E-state index is 13.1. The molecule has 164 valence electrons. The topological polar surface area (TPSA) is 78.0 Å². The van der Waals surface area contributed by atoms with Crippen LogP contribution in [0.3, 0.4) is 0 Å². The zero-order valence-corrected chi connectivity index (χ0v) is 18.4. The lowest BCUT2D eigenvalue weighted by Gasteiger charge is -2.36. The van der Waals surface area contributed by atoms with Crippen LogP contribution in [0.5, 0.6) is 0 Å². The van der Waals surface area contributed by atoms with Gasteiger partial charge in [0.1, 0.15) is 5.82 Å². The van der Waals surface area contributed by atoms with E-state index in [1.807, 2.05) is 0 Å². The third kappa shape index (κ3) is 4.12. The van der Waals surface area contributed by atoms with Crippen molar-refractivity contribution in [3.8, 4) is 0 Å².